The molecule has 0 aliphatic carbocycles. The number of aromatic nitrogens is 1. The quantitative estimate of drug-likeness (QED) is 0.607. The summed E-state index contributed by atoms with van der Waals surface area (Å²) in [5.74, 6) is 0.755. The van der Waals surface area contributed by atoms with Crippen molar-refractivity contribution in [2.75, 3.05) is 19.5 Å². The molecule has 0 saturated carbocycles. The number of carbonyl (C=O) groups excluding carboxylic acids is 1. The number of pyridine rings is 1. The number of methoxy groups -OCH3 is 2. The summed E-state index contributed by atoms with van der Waals surface area (Å²) in [6.07, 6.45) is 3.15. The van der Waals surface area contributed by atoms with Crippen LogP contribution in [0, 0.1) is 5.82 Å². The number of amides is 1. The molecule has 2 aromatic carbocycles. The van der Waals surface area contributed by atoms with Crippen molar-refractivity contribution in [1.29, 1.82) is 0 Å². The molecule has 0 unspecified atom stereocenters. The van der Waals surface area contributed by atoms with Gasteiger partial charge in [0, 0.05) is 25.5 Å². The summed E-state index contributed by atoms with van der Waals surface area (Å²) in [5.41, 5.74) is 2.96. The first kappa shape index (κ1) is 20.1. The summed E-state index contributed by atoms with van der Waals surface area (Å²) < 4.78 is 23.5. The Morgan fingerprint density at radius 3 is 2.38 bits per heavy atom. The molecule has 0 atom stereocenters. The molecule has 0 saturated heterocycles. The number of hydrogen-bond acceptors (Lipinski definition) is 5. The fourth-order valence-corrected chi connectivity index (χ4v) is 2.74. The van der Waals surface area contributed by atoms with Gasteiger partial charge < -0.3 is 20.1 Å². The minimum absolute atomic E-state index is 0.253. The van der Waals surface area contributed by atoms with Crippen molar-refractivity contribution >= 4 is 11.6 Å². The van der Waals surface area contributed by atoms with Gasteiger partial charge in [-0.25, -0.2) is 4.39 Å². The van der Waals surface area contributed by atoms with E-state index in [-0.39, 0.29) is 11.7 Å². The van der Waals surface area contributed by atoms with Crippen LogP contribution in [0.5, 0.6) is 11.5 Å². The molecule has 29 heavy (non-hydrogen) atoms. The number of carbonyl (C=O) groups is 1. The Labute approximate surface area is 168 Å². The van der Waals surface area contributed by atoms with E-state index in [1.807, 2.05) is 18.2 Å². The lowest BCUT2D eigenvalue weighted by atomic mass is 10.2. The van der Waals surface area contributed by atoms with E-state index in [9.17, 15) is 9.18 Å². The fraction of sp³-hybridized carbons (Fsp3) is 0.182. The van der Waals surface area contributed by atoms with Crippen LogP contribution in [-0.2, 0) is 13.1 Å². The minimum Gasteiger partial charge on any atom is -0.493 e. The van der Waals surface area contributed by atoms with Crippen molar-refractivity contribution in [2.45, 2.75) is 13.1 Å². The number of benzene rings is 2. The molecule has 6 nitrogen and oxygen atoms in total. The van der Waals surface area contributed by atoms with Gasteiger partial charge in [-0.1, -0.05) is 18.2 Å². The predicted molar refractivity (Wildman–Crippen MR) is 109 cm³/mol. The second-order valence-corrected chi connectivity index (χ2v) is 6.31. The van der Waals surface area contributed by atoms with E-state index in [0.717, 1.165) is 11.1 Å². The topological polar surface area (TPSA) is 72.5 Å². The predicted octanol–water partition coefficient (Wildman–Crippen LogP) is 3.78. The highest BCUT2D eigenvalue weighted by Gasteiger charge is 2.08. The lowest BCUT2D eigenvalue weighted by Crippen LogP contribution is -2.23. The maximum atomic E-state index is 13.0. The molecule has 0 aliphatic heterocycles. The number of nitrogens with one attached hydrogen (secondary N) is 2. The Kier molecular flexibility index (Phi) is 6.63. The monoisotopic (exact) mass is 395 g/mol. The van der Waals surface area contributed by atoms with E-state index in [1.165, 1.54) is 18.3 Å². The van der Waals surface area contributed by atoms with Gasteiger partial charge in [0.1, 0.15) is 5.82 Å². The van der Waals surface area contributed by atoms with Crippen molar-refractivity contribution in [2.24, 2.45) is 0 Å². The smallest absolute Gasteiger partial charge is 0.253 e. The molecule has 1 aromatic heterocycles. The number of nitrogens with zero attached hydrogens (tertiary/aromatic N) is 1. The largest absolute Gasteiger partial charge is 0.493 e. The van der Waals surface area contributed by atoms with Crippen LogP contribution >= 0.6 is 0 Å². The van der Waals surface area contributed by atoms with Gasteiger partial charge in [-0.3, -0.25) is 9.78 Å². The van der Waals surface area contributed by atoms with Crippen LogP contribution in [0.1, 0.15) is 21.5 Å². The van der Waals surface area contributed by atoms with Crippen LogP contribution in [-0.4, -0.2) is 25.1 Å². The van der Waals surface area contributed by atoms with Gasteiger partial charge in [-0.2, -0.15) is 0 Å². The van der Waals surface area contributed by atoms with Crippen LogP contribution in [0.3, 0.4) is 0 Å². The zero-order valence-electron chi connectivity index (χ0n) is 16.2. The number of rotatable bonds is 8. The first-order valence-electron chi connectivity index (χ1n) is 9.01. The van der Waals surface area contributed by atoms with Crippen molar-refractivity contribution in [3.63, 3.8) is 0 Å². The first-order valence-corrected chi connectivity index (χ1v) is 9.01. The molecular weight excluding hydrogens is 373 g/mol. The third kappa shape index (κ3) is 5.44. The van der Waals surface area contributed by atoms with Crippen molar-refractivity contribution in [1.82, 2.24) is 10.3 Å². The highest BCUT2D eigenvalue weighted by molar-refractivity contribution is 5.94. The van der Waals surface area contributed by atoms with Crippen LogP contribution in [0.15, 0.2) is 60.9 Å². The Morgan fingerprint density at radius 1 is 0.931 bits per heavy atom. The average Bonchev–Trinajstić information content (AvgIpc) is 2.77. The minimum atomic E-state index is -0.308. The zero-order chi connectivity index (χ0) is 20.6. The maximum absolute atomic E-state index is 13.0. The third-order valence-corrected chi connectivity index (χ3v) is 4.31. The van der Waals surface area contributed by atoms with Gasteiger partial charge >= 0.3 is 0 Å². The molecule has 3 rings (SSSR count). The number of ether oxygens (including phenoxy) is 2. The standard InChI is InChI=1S/C22H22FN3O3/c1-28-20-8-5-16(9-21(20)29-2)12-25-19-10-17(13-24-14-19)22(27)26-11-15-3-6-18(23)7-4-15/h3-10,13-14,25H,11-12H2,1-2H3,(H,26,27). The van der Waals surface area contributed by atoms with Crippen molar-refractivity contribution < 1.29 is 18.7 Å². The van der Waals surface area contributed by atoms with E-state index in [0.29, 0.717) is 35.8 Å². The molecule has 150 valence electrons. The molecule has 0 fully saturated rings. The van der Waals surface area contributed by atoms with E-state index < -0.39 is 0 Å². The Hall–Kier alpha value is -3.61. The van der Waals surface area contributed by atoms with Gasteiger partial charge in [0.05, 0.1) is 25.5 Å². The molecule has 7 heteroatoms. The highest BCUT2D eigenvalue weighted by Crippen LogP contribution is 2.27. The normalized spacial score (nSPS) is 10.3. The highest BCUT2D eigenvalue weighted by atomic mass is 19.1. The van der Waals surface area contributed by atoms with E-state index in [1.54, 1.807) is 38.6 Å². The Bertz CT molecular complexity index is 977. The number of anilines is 1. The van der Waals surface area contributed by atoms with Gasteiger partial charge in [0.15, 0.2) is 11.5 Å². The lowest BCUT2D eigenvalue weighted by molar-refractivity contribution is 0.0950. The van der Waals surface area contributed by atoms with Gasteiger partial charge in [-0.05, 0) is 41.5 Å². The van der Waals surface area contributed by atoms with Crippen molar-refractivity contribution in [3.8, 4) is 11.5 Å². The summed E-state index contributed by atoms with van der Waals surface area (Å²) in [6, 6.07) is 13.4. The Morgan fingerprint density at radius 2 is 1.66 bits per heavy atom. The third-order valence-electron chi connectivity index (χ3n) is 4.31. The fourth-order valence-electron chi connectivity index (χ4n) is 2.74. The molecule has 0 bridgehead atoms. The van der Waals surface area contributed by atoms with Gasteiger partial charge in [0.2, 0.25) is 0 Å². The molecule has 2 N–H and O–H groups in total. The summed E-state index contributed by atoms with van der Waals surface area (Å²) in [5, 5.41) is 6.05. The molecule has 1 amide bonds. The van der Waals surface area contributed by atoms with Crippen molar-refractivity contribution in [3.05, 3.63) is 83.4 Å². The second-order valence-electron chi connectivity index (χ2n) is 6.31. The van der Waals surface area contributed by atoms with Crippen LogP contribution in [0.4, 0.5) is 10.1 Å². The lowest BCUT2D eigenvalue weighted by Gasteiger charge is -2.11. The first-order chi connectivity index (χ1) is 14.1. The summed E-state index contributed by atoms with van der Waals surface area (Å²) in [6.45, 7) is 0.838. The van der Waals surface area contributed by atoms with E-state index >= 15 is 0 Å². The Balaban J connectivity index is 1.60. The van der Waals surface area contributed by atoms with Crippen LogP contribution in [0.2, 0.25) is 0 Å². The van der Waals surface area contributed by atoms with Gasteiger partial charge in [-0.15, -0.1) is 0 Å². The summed E-state index contributed by atoms with van der Waals surface area (Å²) in [4.78, 5) is 16.5. The number of hydrogen-bond donors (Lipinski definition) is 2. The molecule has 0 aliphatic rings. The number of halogens is 1. The molecule has 3 aromatic rings. The zero-order valence-corrected chi connectivity index (χ0v) is 16.2. The average molecular weight is 395 g/mol. The molecular formula is C22H22FN3O3. The summed E-state index contributed by atoms with van der Waals surface area (Å²) in [7, 11) is 3.18. The van der Waals surface area contributed by atoms with E-state index in [2.05, 4.69) is 15.6 Å². The molecule has 0 radical (unpaired) electrons. The molecule has 1 heterocycles. The van der Waals surface area contributed by atoms with Crippen LogP contribution < -0.4 is 20.1 Å². The second kappa shape index (κ2) is 9.54. The molecule has 0 spiro atoms. The van der Waals surface area contributed by atoms with Crippen LogP contribution in [0.25, 0.3) is 0 Å². The van der Waals surface area contributed by atoms with Gasteiger partial charge in [0.25, 0.3) is 5.91 Å². The summed E-state index contributed by atoms with van der Waals surface area (Å²) >= 11 is 0. The maximum Gasteiger partial charge on any atom is 0.253 e. The SMILES string of the molecule is COc1ccc(CNc2cncc(C(=O)NCc3ccc(F)cc3)c2)cc1OC. The van der Waals surface area contributed by atoms with E-state index in [4.69, 9.17) is 9.47 Å².